The van der Waals surface area contributed by atoms with Crippen LogP contribution in [0.4, 0.5) is 0 Å². The van der Waals surface area contributed by atoms with E-state index in [2.05, 4.69) is 48.2 Å². The topological polar surface area (TPSA) is 77.7 Å². The van der Waals surface area contributed by atoms with Crippen molar-refractivity contribution in [3.8, 4) is 11.3 Å². The molecule has 5 aromatic rings. The molecule has 0 aliphatic carbocycles. The Labute approximate surface area is 198 Å². The van der Waals surface area contributed by atoms with Crippen molar-refractivity contribution in [1.82, 2.24) is 25.1 Å². The first kappa shape index (κ1) is 19.9. The molecule has 0 saturated heterocycles. The van der Waals surface area contributed by atoms with Gasteiger partial charge in [0.15, 0.2) is 0 Å². The van der Waals surface area contributed by atoms with Gasteiger partial charge in [0, 0.05) is 51.6 Å². The van der Waals surface area contributed by atoms with Gasteiger partial charge in [-0.15, -0.1) is 0 Å². The smallest absolute Gasteiger partial charge is 0.273 e. The lowest BCUT2D eigenvalue weighted by Gasteiger charge is -2.26. The van der Waals surface area contributed by atoms with Crippen LogP contribution < -0.4 is 0 Å². The molecule has 162 valence electrons. The second-order valence-electron chi connectivity index (χ2n) is 8.16. The van der Waals surface area contributed by atoms with Crippen LogP contribution in [0.1, 0.15) is 33.2 Å². The van der Waals surface area contributed by atoms with Gasteiger partial charge in [-0.3, -0.25) is 14.9 Å². The molecule has 1 atom stereocenters. The van der Waals surface area contributed by atoms with Crippen LogP contribution in [0.25, 0.3) is 22.2 Å². The average Bonchev–Trinajstić information content (AvgIpc) is 3.53. The number of rotatable bonds is 5. The Morgan fingerprint density at radius 2 is 1.88 bits per heavy atom. The summed E-state index contributed by atoms with van der Waals surface area (Å²) in [5.74, 6) is -0.0328. The summed E-state index contributed by atoms with van der Waals surface area (Å²) < 4.78 is 0.999. The van der Waals surface area contributed by atoms with Crippen molar-refractivity contribution in [2.24, 2.45) is 0 Å². The highest BCUT2D eigenvalue weighted by atomic mass is 79.9. The lowest BCUT2D eigenvalue weighted by atomic mass is 9.97. The van der Waals surface area contributed by atoms with E-state index in [4.69, 9.17) is 0 Å². The van der Waals surface area contributed by atoms with E-state index in [1.54, 1.807) is 6.20 Å². The number of pyridine rings is 1. The Kier molecular flexibility index (Phi) is 4.84. The molecule has 2 N–H and O–H groups in total. The highest BCUT2D eigenvalue weighted by Gasteiger charge is 2.42. The number of nitrogens with zero attached hydrogens (tertiary/aromatic N) is 3. The second-order valence-corrected chi connectivity index (χ2v) is 9.08. The molecule has 0 unspecified atom stereocenters. The van der Waals surface area contributed by atoms with Crippen molar-refractivity contribution < 1.29 is 4.79 Å². The molecule has 7 heteroatoms. The first-order chi connectivity index (χ1) is 16.2. The van der Waals surface area contributed by atoms with Gasteiger partial charge >= 0.3 is 0 Å². The van der Waals surface area contributed by atoms with Gasteiger partial charge < -0.3 is 9.88 Å². The molecule has 4 heterocycles. The van der Waals surface area contributed by atoms with E-state index >= 15 is 0 Å². The number of amides is 1. The van der Waals surface area contributed by atoms with Gasteiger partial charge in [-0.05, 0) is 41.8 Å². The van der Waals surface area contributed by atoms with E-state index < -0.39 is 0 Å². The fourth-order valence-corrected chi connectivity index (χ4v) is 4.98. The maximum Gasteiger partial charge on any atom is 0.273 e. The van der Waals surface area contributed by atoms with Crippen molar-refractivity contribution in [2.45, 2.75) is 12.5 Å². The highest BCUT2D eigenvalue weighted by molar-refractivity contribution is 9.10. The molecule has 0 radical (unpaired) electrons. The summed E-state index contributed by atoms with van der Waals surface area (Å²) in [4.78, 5) is 23.1. The van der Waals surface area contributed by atoms with Crippen molar-refractivity contribution in [2.75, 3.05) is 6.54 Å². The summed E-state index contributed by atoms with van der Waals surface area (Å²) in [5, 5.41) is 8.75. The van der Waals surface area contributed by atoms with Gasteiger partial charge in [0.25, 0.3) is 5.91 Å². The first-order valence-corrected chi connectivity index (χ1v) is 11.6. The Bertz CT molecular complexity index is 1460. The zero-order valence-corrected chi connectivity index (χ0v) is 19.2. The molecule has 6 rings (SSSR count). The Hall–Kier alpha value is -3.71. The monoisotopic (exact) mass is 497 g/mol. The van der Waals surface area contributed by atoms with Crippen LogP contribution in [-0.4, -0.2) is 37.5 Å². The number of hydrogen-bond donors (Lipinski definition) is 2. The molecule has 2 aromatic carbocycles. The molecule has 1 aliphatic rings. The van der Waals surface area contributed by atoms with Crippen LogP contribution >= 0.6 is 15.9 Å². The van der Waals surface area contributed by atoms with Gasteiger partial charge in [0.05, 0.1) is 11.7 Å². The highest BCUT2D eigenvalue weighted by Crippen LogP contribution is 2.42. The van der Waals surface area contributed by atoms with Crippen molar-refractivity contribution in [3.05, 3.63) is 106 Å². The maximum absolute atomic E-state index is 13.5. The minimum Gasteiger partial charge on any atom is -0.361 e. The maximum atomic E-state index is 13.5. The number of halogens is 1. The second kappa shape index (κ2) is 8.01. The third-order valence-corrected chi connectivity index (χ3v) is 6.81. The molecule has 1 amide bonds. The van der Waals surface area contributed by atoms with Crippen molar-refractivity contribution in [1.29, 1.82) is 0 Å². The van der Waals surface area contributed by atoms with Crippen LogP contribution in [0.3, 0.4) is 0 Å². The van der Waals surface area contributed by atoms with Crippen molar-refractivity contribution >= 4 is 32.7 Å². The van der Waals surface area contributed by atoms with Crippen LogP contribution in [0.15, 0.2) is 83.7 Å². The van der Waals surface area contributed by atoms with Crippen LogP contribution in [0, 0.1) is 0 Å². The van der Waals surface area contributed by atoms with Crippen LogP contribution in [0.2, 0.25) is 0 Å². The summed E-state index contributed by atoms with van der Waals surface area (Å²) in [6.45, 7) is 0.586. The minimum absolute atomic E-state index is 0.0328. The number of aromatic amines is 2. The van der Waals surface area contributed by atoms with E-state index in [0.29, 0.717) is 12.2 Å². The summed E-state index contributed by atoms with van der Waals surface area (Å²) in [6, 6.07) is 19.9. The Morgan fingerprint density at radius 1 is 1.03 bits per heavy atom. The number of fused-ring (bicyclic) bond motifs is 2. The Balaban J connectivity index is 1.40. The molecule has 0 bridgehead atoms. The number of H-pyrrole nitrogens is 2. The lowest BCUT2D eigenvalue weighted by Crippen LogP contribution is -2.31. The van der Waals surface area contributed by atoms with E-state index in [1.807, 2.05) is 65.8 Å². The summed E-state index contributed by atoms with van der Waals surface area (Å²) in [7, 11) is 0. The summed E-state index contributed by atoms with van der Waals surface area (Å²) in [5.41, 5.74) is 6.52. The number of benzene rings is 2. The number of aromatic nitrogens is 4. The molecule has 0 fully saturated rings. The minimum atomic E-state index is -0.246. The molecular formula is C26H20BrN5O. The largest absolute Gasteiger partial charge is 0.361 e. The third-order valence-electron chi connectivity index (χ3n) is 6.28. The van der Waals surface area contributed by atoms with Gasteiger partial charge in [0.1, 0.15) is 5.69 Å². The molecule has 6 nitrogen and oxygen atoms in total. The van der Waals surface area contributed by atoms with Gasteiger partial charge in [0.2, 0.25) is 0 Å². The van der Waals surface area contributed by atoms with Crippen LogP contribution in [0.5, 0.6) is 0 Å². The quantitative estimate of drug-likeness (QED) is 0.336. The predicted molar refractivity (Wildman–Crippen MR) is 131 cm³/mol. The number of nitrogens with one attached hydrogen (secondary N) is 2. The van der Waals surface area contributed by atoms with E-state index in [0.717, 1.165) is 38.8 Å². The average molecular weight is 498 g/mol. The first-order valence-electron chi connectivity index (χ1n) is 10.8. The standard InChI is InChI=1S/C26H20BrN5O/c27-19-9-7-16(8-10-19)23-22-24(31-30-23)26(33)32(25(22)18-4-3-12-28-14-18)13-11-17-15-29-21-6-2-1-5-20(17)21/h1-10,12,14-15,25,29H,11,13H2,(H,30,31)/t25-/m1/s1. The van der Waals surface area contributed by atoms with Crippen LogP contribution in [-0.2, 0) is 6.42 Å². The lowest BCUT2D eigenvalue weighted by molar-refractivity contribution is 0.0746. The number of carbonyl (C=O) groups is 1. The zero-order valence-electron chi connectivity index (χ0n) is 17.6. The summed E-state index contributed by atoms with van der Waals surface area (Å²) in [6.07, 6.45) is 6.38. The molecule has 33 heavy (non-hydrogen) atoms. The van der Waals surface area contributed by atoms with E-state index in [-0.39, 0.29) is 11.9 Å². The molecule has 0 spiro atoms. The number of hydrogen-bond acceptors (Lipinski definition) is 3. The number of para-hydroxylation sites is 1. The molecule has 3 aromatic heterocycles. The third kappa shape index (κ3) is 3.36. The van der Waals surface area contributed by atoms with E-state index in [9.17, 15) is 4.79 Å². The SMILES string of the molecule is O=C1c2[nH]nc(-c3ccc(Br)cc3)c2[C@@H](c2cccnc2)N1CCc1c[nH]c2ccccc12. The number of carbonyl (C=O) groups excluding carboxylic acids is 1. The molecular weight excluding hydrogens is 478 g/mol. The normalized spacial score (nSPS) is 15.4. The van der Waals surface area contributed by atoms with E-state index in [1.165, 1.54) is 10.9 Å². The fraction of sp³-hybridized carbons (Fsp3) is 0.115. The summed E-state index contributed by atoms with van der Waals surface area (Å²) >= 11 is 3.49. The zero-order chi connectivity index (χ0) is 22.4. The molecule has 1 aliphatic heterocycles. The fourth-order valence-electron chi connectivity index (χ4n) is 4.72. The Morgan fingerprint density at radius 3 is 2.70 bits per heavy atom. The van der Waals surface area contributed by atoms with Gasteiger partial charge in [-0.1, -0.05) is 52.3 Å². The van der Waals surface area contributed by atoms with Gasteiger partial charge in [-0.2, -0.15) is 5.10 Å². The van der Waals surface area contributed by atoms with Crippen molar-refractivity contribution in [3.63, 3.8) is 0 Å². The molecule has 0 saturated carbocycles. The van der Waals surface area contributed by atoms with Gasteiger partial charge in [-0.25, -0.2) is 0 Å². The predicted octanol–water partition coefficient (Wildman–Crippen LogP) is 5.50.